The van der Waals surface area contributed by atoms with Gasteiger partial charge >= 0.3 is 5.97 Å². The van der Waals surface area contributed by atoms with E-state index in [9.17, 15) is 19.5 Å². The number of fused-ring (bicyclic) bond motifs is 5. The van der Waals surface area contributed by atoms with Gasteiger partial charge in [0.05, 0.1) is 24.5 Å². The van der Waals surface area contributed by atoms with Gasteiger partial charge in [0.25, 0.3) is 0 Å². The smallest absolute Gasteiger partial charge is 0.321 e. The lowest BCUT2D eigenvalue weighted by Crippen LogP contribution is -2.69. The first-order chi connectivity index (χ1) is 14.2. The van der Waals surface area contributed by atoms with Gasteiger partial charge < -0.3 is 9.84 Å². The van der Waals surface area contributed by atoms with E-state index in [2.05, 4.69) is 33.8 Å². The Morgan fingerprint density at radius 3 is 2.26 bits per heavy atom. The fourth-order valence-corrected chi connectivity index (χ4v) is 9.03. The summed E-state index contributed by atoms with van der Waals surface area (Å²) >= 11 is 0. The zero-order chi connectivity index (χ0) is 23.4. The van der Waals surface area contributed by atoms with Crippen LogP contribution in [-0.2, 0) is 19.1 Å². The van der Waals surface area contributed by atoms with Crippen molar-refractivity contribution in [2.24, 2.45) is 44.8 Å². The van der Waals surface area contributed by atoms with Crippen LogP contribution in [0, 0.1) is 44.8 Å². The van der Waals surface area contributed by atoms with Gasteiger partial charge in [-0.05, 0) is 74.5 Å². The summed E-state index contributed by atoms with van der Waals surface area (Å²) in [5.41, 5.74) is -3.05. The van der Waals surface area contributed by atoms with Crippen LogP contribution in [0.1, 0.15) is 74.1 Å². The predicted molar refractivity (Wildman–Crippen MR) is 117 cm³/mol. The molecule has 4 aliphatic rings. The zero-order valence-corrected chi connectivity index (χ0v) is 20.3. The Morgan fingerprint density at radius 2 is 1.68 bits per heavy atom. The van der Waals surface area contributed by atoms with Gasteiger partial charge in [0.2, 0.25) is 0 Å². The number of aliphatic hydroxyl groups is 1. The van der Waals surface area contributed by atoms with E-state index in [0.29, 0.717) is 12.8 Å². The van der Waals surface area contributed by atoms with E-state index in [1.54, 1.807) is 13.8 Å². The molecule has 0 aliphatic heterocycles. The number of rotatable bonds is 1. The van der Waals surface area contributed by atoms with Crippen LogP contribution in [0.15, 0.2) is 11.6 Å². The summed E-state index contributed by atoms with van der Waals surface area (Å²) in [6.45, 7) is 14.0. The highest BCUT2D eigenvalue weighted by Gasteiger charge is 2.82. The first kappa shape index (κ1) is 22.7. The molecule has 5 nitrogen and oxygen atoms in total. The maximum atomic E-state index is 13.9. The van der Waals surface area contributed by atoms with E-state index in [1.165, 1.54) is 7.11 Å². The van der Waals surface area contributed by atoms with Crippen LogP contribution >= 0.6 is 0 Å². The Bertz CT molecular complexity index is 901. The highest BCUT2D eigenvalue weighted by Crippen LogP contribution is 2.76. The number of aliphatic hydroxyl groups excluding tert-OH is 1. The summed E-state index contributed by atoms with van der Waals surface area (Å²) in [6, 6.07) is 0. The van der Waals surface area contributed by atoms with Crippen LogP contribution in [-0.4, -0.2) is 35.9 Å². The molecule has 0 radical (unpaired) electrons. The molecular formula is C26H38O5. The van der Waals surface area contributed by atoms with Gasteiger partial charge in [-0.2, -0.15) is 0 Å². The molecule has 0 aromatic heterocycles. The first-order valence-corrected chi connectivity index (χ1v) is 11.7. The van der Waals surface area contributed by atoms with Crippen LogP contribution in [0.2, 0.25) is 0 Å². The van der Waals surface area contributed by atoms with E-state index in [1.807, 2.05) is 6.92 Å². The maximum absolute atomic E-state index is 13.9. The van der Waals surface area contributed by atoms with Gasteiger partial charge in [0.1, 0.15) is 5.41 Å². The van der Waals surface area contributed by atoms with Gasteiger partial charge in [-0.25, -0.2) is 0 Å². The van der Waals surface area contributed by atoms with Crippen LogP contribution in [0.4, 0.5) is 0 Å². The molecule has 4 rings (SSSR count). The van der Waals surface area contributed by atoms with Crippen molar-refractivity contribution in [2.75, 3.05) is 7.11 Å². The highest BCUT2D eigenvalue weighted by molar-refractivity contribution is 6.25. The summed E-state index contributed by atoms with van der Waals surface area (Å²) in [5, 5.41) is 10.8. The number of hydrogen-bond donors (Lipinski definition) is 1. The Morgan fingerprint density at radius 1 is 1.06 bits per heavy atom. The molecule has 0 aromatic carbocycles. The first-order valence-electron chi connectivity index (χ1n) is 11.7. The van der Waals surface area contributed by atoms with Crippen molar-refractivity contribution in [1.29, 1.82) is 0 Å². The summed E-state index contributed by atoms with van der Waals surface area (Å²) in [7, 11) is 1.33. The molecule has 0 spiro atoms. The molecule has 5 heteroatoms. The number of ketones is 2. The molecule has 172 valence electrons. The van der Waals surface area contributed by atoms with E-state index >= 15 is 0 Å². The third kappa shape index (κ3) is 2.15. The standard InChI is InChI=1S/C26H38O5/c1-14-13-17-23(5)11-10-18(27)22(3,4)16(23)9-12-24(17,6)26(21(30)31-8)20(29)15(2)19(28)25(14,26)7/h13,15-18,27H,9-12H2,1-8H3/t15-,16+,17-,18-,23+,24-,25-,26+/m0/s1. The number of carbonyl (C=O) groups is 3. The maximum Gasteiger partial charge on any atom is 0.321 e. The molecule has 0 saturated heterocycles. The lowest BCUT2D eigenvalue weighted by atomic mass is 9.34. The van der Waals surface area contributed by atoms with Crippen molar-refractivity contribution in [1.82, 2.24) is 0 Å². The minimum absolute atomic E-state index is 0.0558. The van der Waals surface area contributed by atoms with Gasteiger partial charge in [-0.3, -0.25) is 14.4 Å². The molecule has 0 bridgehead atoms. The third-order valence-corrected chi connectivity index (χ3v) is 10.8. The highest BCUT2D eigenvalue weighted by atomic mass is 16.5. The predicted octanol–water partition coefficient (Wildman–Crippen LogP) is 4.12. The average molecular weight is 431 g/mol. The molecule has 0 aromatic rings. The van der Waals surface area contributed by atoms with Crippen molar-refractivity contribution >= 4 is 17.5 Å². The fraction of sp³-hybridized carbons (Fsp3) is 0.808. The summed E-state index contributed by atoms with van der Waals surface area (Å²) in [4.78, 5) is 41.1. The number of esters is 1. The molecule has 4 aliphatic carbocycles. The molecular weight excluding hydrogens is 392 g/mol. The van der Waals surface area contributed by atoms with Crippen LogP contribution in [0.25, 0.3) is 0 Å². The van der Waals surface area contributed by atoms with E-state index in [0.717, 1.165) is 18.4 Å². The third-order valence-electron chi connectivity index (χ3n) is 10.8. The van der Waals surface area contributed by atoms with Crippen LogP contribution in [0.3, 0.4) is 0 Å². The second-order valence-electron chi connectivity index (χ2n) is 12.0. The summed E-state index contributed by atoms with van der Waals surface area (Å²) < 4.78 is 5.34. The minimum atomic E-state index is -1.51. The number of ether oxygens (including phenoxy) is 1. The second-order valence-corrected chi connectivity index (χ2v) is 12.0. The Kier molecular flexibility index (Phi) is 4.61. The zero-order valence-electron chi connectivity index (χ0n) is 20.3. The number of allylic oxidation sites excluding steroid dienone is 2. The Balaban J connectivity index is 2.03. The quantitative estimate of drug-likeness (QED) is 0.384. The van der Waals surface area contributed by atoms with Crippen molar-refractivity contribution in [3.05, 3.63) is 11.6 Å². The molecule has 3 fully saturated rings. The molecule has 31 heavy (non-hydrogen) atoms. The molecule has 0 amide bonds. The van der Waals surface area contributed by atoms with Crippen molar-refractivity contribution in [3.63, 3.8) is 0 Å². The monoisotopic (exact) mass is 430 g/mol. The SMILES string of the molecule is COC(=O)[C@@]12C(=O)[C@@H](C)C(=O)[C@]1(C)C(C)=C[C@H]1[C@]3(C)CC[C@H](O)C(C)(C)[C@H]3CC[C@@]12C. The number of methoxy groups -OCH3 is 1. The normalized spacial score (nSPS) is 50.8. The molecule has 3 saturated carbocycles. The van der Waals surface area contributed by atoms with Crippen LogP contribution in [0.5, 0.6) is 0 Å². The largest absolute Gasteiger partial charge is 0.468 e. The van der Waals surface area contributed by atoms with Crippen molar-refractivity contribution in [2.45, 2.75) is 80.3 Å². The summed E-state index contributed by atoms with van der Waals surface area (Å²) in [5.74, 6) is -1.62. The van der Waals surface area contributed by atoms with Crippen LogP contribution < -0.4 is 0 Å². The second kappa shape index (κ2) is 6.30. The van der Waals surface area contributed by atoms with Gasteiger partial charge in [0, 0.05) is 0 Å². The molecule has 0 heterocycles. The van der Waals surface area contributed by atoms with E-state index in [-0.39, 0.29) is 40.3 Å². The average Bonchev–Trinajstić information content (AvgIpc) is 2.86. The number of hydrogen-bond acceptors (Lipinski definition) is 5. The lowest BCUT2D eigenvalue weighted by molar-refractivity contribution is -0.214. The van der Waals surface area contributed by atoms with Gasteiger partial charge in [0.15, 0.2) is 11.6 Å². The lowest BCUT2D eigenvalue weighted by Gasteiger charge is -2.68. The van der Waals surface area contributed by atoms with E-state index in [4.69, 9.17) is 4.74 Å². The number of carbonyl (C=O) groups excluding carboxylic acids is 3. The van der Waals surface area contributed by atoms with Gasteiger partial charge in [-0.1, -0.05) is 39.3 Å². The van der Waals surface area contributed by atoms with Crippen molar-refractivity contribution in [3.8, 4) is 0 Å². The number of Topliss-reactive ketones (excluding diaryl/α,β-unsaturated/α-hetero) is 2. The fourth-order valence-electron chi connectivity index (χ4n) is 9.03. The minimum Gasteiger partial charge on any atom is -0.468 e. The molecule has 8 atom stereocenters. The van der Waals surface area contributed by atoms with E-state index < -0.39 is 28.1 Å². The Labute approximate surface area is 186 Å². The topological polar surface area (TPSA) is 80.7 Å². The van der Waals surface area contributed by atoms with Gasteiger partial charge in [-0.15, -0.1) is 0 Å². The van der Waals surface area contributed by atoms with Crippen molar-refractivity contribution < 1.29 is 24.2 Å². The molecule has 1 N–H and O–H groups in total. The summed E-state index contributed by atoms with van der Waals surface area (Å²) in [6.07, 6.45) is 4.84. The molecule has 0 unspecified atom stereocenters. The Hall–Kier alpha value is -1.49.